The Balaban J connectivity index is 2.10. The summed E-state index contributed by atoms with van der Waals surface area (Å²) in [4.78, 5) is 14.8. The summed E-state index contributed by atoms with van der Waals surface area (Å²) in [6.45, 7) is 11.7. The molecule has 1 heterocycles. The summed E-state index contributed by atoms with van der Waals surface area (Å²) in [5, 5.41) is 13.2. The Labute approximate surface area is 139 Å². The van der Waals surface area contributed by atoms with E-state index in [9.17, 15) is 9.90 Å². The van der Waals surface area contributed by atoms with Gasteiger partial charge in [-0.05, 0) is 49.8 Å². The zero-order chi connectivity index (χ0) is 17.1. The van der Waals surface area contributed by atoms with Gasteiger partial charge in [-0.1, -0.05) is 39.0 Å². The zero-order valence-electron chi connectivity index (χ0n) is 15.0. The number of aliphatic hydroxyl groups excluding tert-OH is 1. The number of hydrogen-bond donors (Lipinski definition) is 2. The van der Waals surface area contributed by atoms with Crippen LogP contribution in [-0.4, -0.2) is 41.1 Å². The number of nitrogens with one attached hydrogen (secondary N) is 1. The molecule has 4 nitrogen and oxygen atoms in total. The van der Waals surface area contributed by atoms with E-state index in [0.717, 1.165) is 29.8 Å². The molecule has 2 N–H and O–H groups in total. The van der Waals surface area contributed by atoms with Crippen LogP contribution in [0.4, 0.5) is 5.69 Å². The smallest absolute Gasteiger partial charge is 0.241 e. The highest BCUT2D eigenvalue weighted by atomic mass is 16.3. The molecule has 3 unspecified atom stereocenters. The van der Waals surface area contributed by atoms with Crippen molar-refractivity contribution in [3.05, 3.63) is 29.3 Å². The standard InChI is InChI=1S/C19H30N2O2/c1-12(2)16-8-6-7-14(4)18(16)20-19(23)15(5)21-10-9-13(3)17(22)11-21/h6-8,12-13,15,17,22H,9-11H2,1-5H3,(H,20,23). The number of para-hydroxylation sites is 1. The average Bonchev–Trinajstić information content (AvgIpc) is 2.50. The molecule has 0 aromatic heterocycles. The van der Waals surface area contributed by atoms with Gasteiger partial charge in [0, 0.05) is 12.2 Å². The third-order valence-corrected chi connectivity index (χ3v) is 5.05. The maximum Gasteiger partial charge on any atom is 0.241 e. The van der Waals surface area contributed by atoms with Gasteiger partial charge in [0.2, 0.25) is 5.91 Å². The van der Waals surface area contributed by atoms with Gasteiger partial charge in [-0.15, -0.1) is 0 Å². The minimum absolute atomic E-state index is 0.00273. The molecule has 1 saturated heterocycles. The molecule has 3 atom stereocenters. The van der Waals surface area contributed by atoms with Crippen LogP contribution < -0.4 is 5.32 Å². The SMILES string of the molecule is Cc1cccc(C(C)C)c1NC(=O)C(C)N1CCC(C)C(O)C1. The van der Waals surface area contributed by atoms with Crippen LogP contribution in [0.25, 0.3) is 0 Å². The van der Waals surface area contributed by atoms with Crippen molar-refractivity contribution >= 4 is 11.6 Å². The molecular formula is C19H30N2O2. The summed E-state index contributed by atoms with van der Waals surface area (Å²) in [6.07, 6.45) is 0.587. The highest BCUT2D eigenvalue weighted by Crippen LogP contribution is 2.28. The molecule has 1 aromatic carbocycles. The van der Waals surface area contributed by atoms with E-state index < -0.39 is 0 Å². The van der Waals surface area contributed by atoms with E-state index in [-0.39, 0.29) is 18.1 Å². The van der Waals surface area contributed by atoms with Gasteiger partial charge in [-0.2, -0.15) is 0 Å². The second-order valence-electron chi connectivity index (χ2n) is 7.19. The second kappa shape index (κ2) is 7.45. The second-order valence-corrected chi connectivity index (χ2v) is 7.19. The van der Waals surface area contributed by atoms with E-state index in [1.807, 2.05) is 26.0 Å². The number of nitrogens with zero attached hydrogens (tertiary/aromatic N) is 1. The van der Waals surface area contributed by atoms with Crippen molar-refractivity contribution in [2.45, 2.75) is 59.1 Å². The van der Waals surface area contributed by atoms with Crippen molar-refractivity contribution in [1.29, 1.82) is 0 Å². The van der Waals surface area contributed by atoms with Crippen molar-refractivity contribution in [3.8, 4) is 0 Å². The summed E-state index contributed by atoms with van der Waals surface area (Å²) in [7, 11) is 0. The Kier molecular flexibility index (Phi) is 5.82. The maximum atomic E-state index is 12.7. The van der Waals surface area contributed by atoms with Crippen LogP contribution in [0.1, 0.15) is 51.2 Å². The number of anilines is 1. The van der Waals surface area contributed by atoms with Gasteiger partial charge < -0.3 is 10.4 Å². The fourth-order valence-corrected chi connectivity index (χ4v) is 3.16. The van der Waals surface area contributed by atoms with Crippen LogP contribution in [0.5, 0.6) is 0 Å². The minimum atomic E-state index is -0.344. The number of hydrogen-bond acceptors (Lipinski definition) is 3. The predicted molar refractivity (Wildman–Crippen MR) is 94.7 cm³/mol. The molecule has 1 aliphatic rings. The van der Waals surface area contributed by atoms with Gasteiger partial charge >= 0.3 is 0 Å². The van der Waals surface area contributed by atoms with Crippen molar-refractivity contribution in [3.63, 3.8) is 0 Å². The molecule has 0 bridgehead atoms. The average molecular weight is 318 g/mol. The molecule has 0 radical (unpaired) electrons. The Morgan fingerprint density at radius 2 is 2.04 bits per heavy atom. The van der Waals surface area contributed by atoms with Crippen molar-refractivity contribution in [2.75, 3.05) is 18.4 Å². The number of benzene rings is 1. The normalized spacial score (nSPS) is 23.8. The van der Waals surface area contributed by atoms with Gasteiger partial charge in [-0.3, -0.25) is 9.69 Å². The lowest BCUT2D eigenvalue weighted by Gasteiger charge is -2.37. The number of β-amino-alcohol motifs (C(OH)–C–C–N with tert-alkyl or cyclic N) is 1. The molecule has 0 spiro atoms. The molecule has 1 aromatic rings. The maximum absolute atomic E-state index is 12.7. The lowest BCUT2D eigenvalue weighted by Crippen LogP contribution is -2.50. The number of piperidine rings is 1. The van der Waals surface area contributed by atoms with E-state index in [0.29, 0.717) is 18.4 Å². The van der Waals surface area contributed by atoms with Gasteiger partial charge in [-0.25, -0.2) is 0 Å². The summed E-state index contributed by atoms with van der Waals surface area (Å²) >= 11 is 0. The predicted octanol–water partition coefficient (Wildman–Crippen LogP) is 3.15. The molecule has 0 aliphatic carbocycles. The van der Waals surface area contributed by atoms with Crippen LogP contribution >= 0.6 is 0 Å². The van der Waals surface area contributed by atoms with Crippen LogP contribution in [0.2, 0.25) is 0 Å². The fourth-order valence-electron chi connectivity index (χ4n) is 3.16. The molecule has 0 saturated carbocycles. The summed E-state index contributed by atoms with van der Waals surface area (Å²) in [5.41, 5.74) is 3.19. The Hall–Kier alpha value is -1.39. The fraction of sp³-hybridized carbons (Fsp3) is 0.632. The summed E-state index contributed by atoms with van der Waals surface area (Å²) in [6, 6.07) is 5.89. The highest BCUT2D eigenvalue weighted by molar-refractivity contribution is 5.96. The van der Waals surface area contributed by atoms with E-state index in [1.54, 1.807) is 0 Å². The van der Waals surface area contributed by atoms with E-state index >= 15 is 0 Å². The quantitative estimate of drug-likeness (QED) is 0.896. The molecule has 128 valence electrons. The monoisotopic (exact) mass is 318 g/mol. The first-order valence-electron chi connectivity index (χ1n) is 8.63. The van der Waals surface area contributed by atoms with Gasteiger partial charge in [0.15, 0.2) is 0 Å². The van der Waals surface area contributed by atoms with Crippen LogP contribution in [-0.2, 0) is 4.79 Å². The van der Waals surface area contributed by atoms with Gasteiger partial charge in [0.25, 0.3) is 0 Å². The molecule has 2 rings (SSSR count). The first kappa shape index (κ1) is 18.0. The number of carbonyl (C=O) groups excluding carboxylic acids is 1. The van der Waals surface area contributed by atoms with E-state index in [2.05, 4.69) is 37.1 Å². The van der Waals surface area contributed by atoms with Gasteiger partial charge in [0.05, 0.1) is 12.1 Å². The molecule has 4 heteroatoms. The number of carbonyl (C=O) groups is 1. The zero-order valence-corrected chi connectivity index (χ0v) is 15.0. The number of likely N-dealkylation sites (tertiary alicyclic amines) is 1. The Bertz CT molecular complexity index is 556. The van der Waals surface area contributed by atoms with E-state index in [1.165, 1.54) is 0 Å². The Morgan fingerprint density at radius 1 is 1.35 bits per heavy atom. The highest BCUT2D eigenvalue weighted by Gasteiger charge is 2.30. The molecule has 1 fully saturated rings. The van der Waals surface area contributed by atoms with Crippen LogP contribution in [0, 0.1) is 12.8 Å². The number of aryl methyl sites for hydroxylation is 1. The largest absolute Gasteiger partial charge is 0.392 e. The topological polar surface area (TPSA) is 52.6 Å². The van der Waals surface area contributed by atoms with E-state index in [4.69, 9.17) is 0 Å². The summed E-state index contributed by atoms with van der Waals surface area (Å²) < 4.78 is 0. The van der Waals surface area contributed by atoms with Crippen molar-refractivity contribution < 1.29 is 9.90 Å². The lowest BCUT2D eigenvalue weighted by molar-refractivity contribution is -0.122. The minimum Gasteiger partial charge on any atom is -0.392 e. The van der Waals surface area contributed by atoms with Crippen molar-refractivity contribution in [1.82, 2.24) is 4.90 Å². The van der Waals surface area contributed by atoms with Crippen LogP contribution in [0.15, 0.2) is 18.2 Å². The molecule has 1 amide bonds. The van der Waals surface area contributed by atoms with Crippen LogP contribution in [0.3, 0.4) is 0 Å². The summed E-state index contributed by atoms with van der Waals surface area (Å²) in [5.74, 6) is 0.673. The van der Waals surface area contributed by atoms with Gasteiger partial charge in [0.1, 0.15) is 0 Å². The third kappa shape index (κ3) is 4.12. The number of rotatable bonds is 4. The molecular weight excluding hydrogens is 288 g/mol. The molecule has 23 heavy (non-hydrogen) atoms. The number of aliphatic hydroxyl groups is 1. The lowest BCUT2D eigenvalue weighted by atomic mass is 9.95. The Morgan fingerprint density at radius 3 is 2.65 bits per heavy atom. The third-order valence-electron chi connectivity index (χ3n) is 5.05. The first-order valence-corrected chi connectivity index (χ1v) is 8.63. The number of amides is 1. The first-order chi connectivity index (χ1) is 10.8. The van der Waals surface area contributed by atoms with Crippen molar-refractivity contribution in [2.24, 2.45) is 5.92 Å². The molecule has 1 aliphatic heterocycles.